The van der Waals surface area contributed by atoms with Crippen molar-refractivity contribution in [3.05, 3.63) is 54.1 Å². The highest BCUT2D eigenvalue weighted by atomic mass is 32.2. The standard InChI is InChI=1S/C13H11NO3S/c1-10-9-11(7-8-13(10)15)14-18(16,17)12-5-3-2-4-6-12/h2-9H,1H3/b14-11+. The molecule has 0 fully saturated rings. The van der Waals surface area contributed by atoms with Crippen molar-refractivity contribution < 1.29 is 13.2 Å². The maximum Gasteiger partial charge on any atom is 0.282 e. The smallest absolute Gasteiger partial charge is 0.282 e. The zero-order valence-corrected chi connectivity index (χ0v) is 10.5. The summed E-state index contributed by atoms with van der Waals surface area (Å²) in [5.41, 5.74) is 0.732. The van der Waals surface area contributed by atoms with Crippen LogP contribution in [0.1, 0.15) is 6.92 Å². The van der Waals surface area contributed by atoms with Crippen LogP contribution in [0.3, 0.4) is 0 Å². The van der Waals surface area contributed by atoms with E-state index in [0.29, 0.717) is 5.57 Å². The zero-order valence-electron chi connectivity index (χ0n) is 9.70. The van der Waals surface area contributed by atoms with Crippen molar-refractivity contribution in [3.8, 4) is 0 Å². The van der Waals surface area contributed by atoms with E-state index in [0.717, 1.165) is 0 Å². The number of benzene rings is 1. The molecule has 5 heteroatoms. The van der Waals surface area contributed by atoms with Crippen molar-refractivity contribution in [2.24, 2.45) is 4.40 Å². The van der Waals surface area contributed by atoms with Crippen LogP contribution in [0.4, 0.5) is 0 Å². The Balaban J connectivity index is 2.41. The molecule has 92 valence electrons. The summed E-state index contributed by atoms with van der Waals surface area (Å²) in [4.78, 5) is 11.3. The Kier molecular flexibility index (Phi) is 3.25. The summed E-state index contributed by atoms with van der Waals surface area (Å²) in [6.07, 6.45) is 4.17. The third-order valence-corrected chi connectivity index (χ3v) is 3.74. The zero-order chi connectivity index (χ0) is 13.2. The Hall–Kier alpha value is -2.01. The molecule has 0 aromatic heterocycles. The molecule has 2 rings (SSSR count). The van der Waals surface area contributed by atoms with Crippen molar-refractivity contribution in [1.82, 2.24) is 0 Å². The van der Waals surface area contributed by atoms with Crippen LogP contribution in [0.25, 0.3) is 0 Å². The predicted octanol–water partition coefficient (Wildman–Crippen LogP) is 1.90. The molecule has 0 spiro atoms. The monoisotopic (exact) mass is 261 g/mol. The minimum absolute atomic E-state index is 0.133. The van der Waals surface area contributed by atoms with E-state index in [4.69, 9.17) is 0 Å². The number of allylic oxidation sites excluding steroid dienone is 4. The number of sulfonamides is 1. The average molecular weight is 261 g/mol. The quantitative estimate of drug-likeness (QED) is 0.764. The summed E-state index contributed by atoms with van der Waals surface area (Å²) in [5, 5.41) is 0. The lowest BCUT2D eigenvalue weighted by Gasteiger charge is -2.04. The summed E-state index contributed by atoms with van der Waals surface area (Å²) in [6, 6.07) is 7.96. The first-order chi connectivity index (χ1) is 8.49. The molecule has 1 aromatic rings. The Morgan fingerprint density at radius 3 is 2.33 bits per heavy atom. The molecular formula is C13H11NO3S. The molecule has 0 unspecified atom stereocenters. The van der Waals surface area contributed by atoms with Crippen LogP contribution in [0, 0.1) is 0 Å². The van der Waals surface area contributed by atoms with E-state index >= 15 is 0 Å². The Morgan fingerprint density at radius 2 is 1.72 bits per heavy atom. The summed E-state index contributed by atoms with van der Waals surface area (Å²) in [5.74, 6) is -0.133. The average Bonchev–Trinajstić information content (AvgIpc) is 2.35. The number of nitrogens with zero attached hydrogens (tertiary/aromatic N) is 1. The van der Waals surface area contributed by atoms with Gasteiger partial charge in [0, 0.05) is 0 Å². The normalized spacial score (nSPS) is 17.9. The molecule has 0 N–H and O–H groups in total. The highest BCUT2D eigenvalue weighted by Gasteiger charge is 2.14. The second-order valence-corrected chi connectivity index (χ2v) is 5.43. The lowest BCUT2D eigenvalue weighted by atomic mass is 10.1. The first-order valence-electron chi connectivity index (χ1n) is 5.30. The highest BCUT2D eigenvalue weighted by Crippen LogP contribution is 2.13. The maximum absolute atomic E-state index is 12.0. The second-order valence-electron chi connectivity index (χ2n) is 3.83. The van der Waals surface area contributed by atoms with Crippen LogP contribution in [0.15, 0.2) is 63.4 Å². The largest absolute Gasteiger partial charge is 0.290 e. The fourth-order valence-corrected chi connectivity index (χ4v) is 2.47. The Labute approximate surface area is 105 Å². The highest BCUT2D eigenvalue weighted by molar-refractivity contribution is 7.90. The Bertz CT molecular complexity index is 667. The van der Waals surface area contributed by atoms with Crippen molar-refractivity contribution in [2.45, 2.75) is 11.8 Å². The van der Waals surface area contributed by atoms with Crippen molar-refractivity contribution >= 4 is 21.5 Å². The summed E-state index contributed by atoms with van der Waals surface area (Å²) in [6.45, 7) is 1.62. The van der Waals surface area contributed by atoms with Gasteiger partial charge in [0.25, 0.3) is 10.0 Å². The first kappa shape index (κ1) is 12.4. The summed E-state index contributed by atoms with van der Waals surface area (Å²) in [7, 11) is -3.72. The van der Waals surface area contributed by atoms with E-state index in [1.807, 2.05) is 0 Å². The topological polar surface area (TPSA) is 63.6 Å². The van der Waals surface area contributed by atoms with E-state index in [9.17, 15) is 13.2 Å². The van der Waals surface area contributed by atoms with Gasteiger partial charge in [-0.05, 0) is 42.9 Å². The van der Waals surface area contributed by atoms with Gasteiger partial charge in [-0.3, -0.25) is 4.79 Å². The van der Waals surface area contributed by atoms with E-state index in [1.165, 1.54) is 30.4 Å². The number of rotatable bonds is 2. The number of ketones is 1. The van der Waals surface area contributed by atoms with Crippen LogP contribution in [-0.4, -0.2) is 19.9 Å². The fraction of sp³-hybridized carbons (Fsp3) is 0.0769. The van der Waals surface area contributed by atoms with Crippen LogP contribution in [-0.2, 0) is 14.8 Å². The van der Waals surface area contributed by atoms with Gasteiger partial charge in [-0.1, -0.05) is 18.2 Å². The van der Waals surface area contributed by atoms with Gasteiger partial charge in [0.2, 0.25) is 0 Å². The van der Waals surface area contributed by atoms with Crippen molar-refractivity contribution in [3.63, 3.8) is 0 Å². The fourth-order valence-electron chi connectivity index (χ4n) is 1.47. The van der Waals surface area contributed by atoms with Crippen molar-refractivity contribution in [1.29, 1.82) is 0 Å². The predicted molar refractivity (Wildman–Crippen MR) is 69.0 cm³/mol. The number of carbonyl (C=O) groups is 1. The van der Waals surface area contributed by atoms with Crippen LogP contribution < -0.4 is 0 Å². The molecule has 18 heavy (non-hydrogen) atoms. The molecular weight excluding hydrogens is 250 g/mol. The second kappa shape index (κ2) is 4.70. The molecule has 0 aliphatic heterocycles. The molecule has 0 heterocycles. The van der Waals surface area contributed by atoms with Crippen LogP contribution >= 0.6 is 0 Å². The third-order valence-electron chi connectivity index (χ3n) is 2.43. The molecule has 0 bridgehead atoms. The molecule has 0 saturated heterocycles. The lowest BCUT2D eigenvalue weighted by Crippen LogP contribution is -2.08. The molecule has 0 saturated carbocycles. The minimum atomic E-state index is -3.72. The van der Waals surface area contributed by atoms with Gasteiger partial charge in [-0.25, -0.2) is 0 Å². The molecule has 1 aromatic carbocycles. The number of carbonyl (C=O) groups excluding carboxylic acids is 1. The molecule has 0 atom stereocenters. The lowest BCUT2D eigenvalue weighted by molar-refractivity contribution is -0.111. The first-order valence-corrected chi connectivity index (χ1v) is 6.74. The number of hydrogen-bond donors (Lipinski definition) is 0. The Morgan fingerprint density at radius 1 is 1.06 bits per heavy atom. The summed E-state index contributed by atoms with van der Waals surface area (Å²) >= 11 is 0. The van der Waals surface area contributed by atoms with E-state index in [2.05, 4.69) is 4.40 Å². The van der Waals surface area contributed by atoms with Gasteiger partial charge in [-0.15, -0.1) is 0 Å². The van der Waals surface area contributed by atoms with E-state index in [-0.39, 0.29) is 16.4 Å². The van der Waals surface area contributed by atoms with Crippen LogP contribution in [0.5, 0.6) is 0 Å². The van der Waals surface area contributed by atoms with Crippen molar-refractivity contribution in [2.75, 3.05) is 0 Å². The minimum Gasteiger partial charge on any atom is -0.290 e. The molecule has 1 aliphatic rings. The molecule has 4 nitrogen and oxygen atoms in total. The van der Waals surface area contributed by atoms with Gasteiger partial charge >= 0.3 is 0 Å². The van der Waals surface area contributed by atoms with Gasteiger partial charge in [-0.2, -0.15) is 12.8 Å². The number of hydrogen-bond acceptors (Lipinski definition) is 3. The third kappa shape index (κ3) is 2.62. The molecule has 0 radical (unpaired) electrons. The van der Waals surface area contributed by atoms with E-state index < -0.39 is 10.0 Å². The SMILES string of the molecule is CC1=C/C(=N/S(=O)(=O)c2ccccc2)C=CC1=O. The van der Waals surface area contributed by atoms with E-state index in [1.54, 1.807) is 25.1 Å². The maximum atomic E-state index is 12.0. The van der Waals surface area contributed by atoms with Gasteiger partial charge in [0.05, 0.1) is 10.6 Å². The summed E-state index contributed by atoms with van der Waals surface area (Å²) < 4.78 is 27.6. The van der Waals surface area contributed by atoms with Gasteiger partial charge < -0.3 is 0 Å². The molecule has 1 aliphatic carbocycles. The van der Waals surface area contributed by atoms with Crippen LogP contribution in [0.2, 0.25) is 0 Å². The van der Waals surface area contributed by atoms with Gasteiger partial charge in [0.1, 0.15) is 0 Å². The van der Waals surface area contributed by atoms with Gasteiger partial charge in [0.15, 0.2) is 5.78 Å². The molecule has 0 amide bonds.